The zero-order valence-electron chi connectivity index (χ0n) is 8.32. The van der Waals surface area contributed by atoms with Gasteiger partial charge in [-0.1, -0.05) is 24.8 Å². The number of carbonyl (C=O) groups excluding carboxylic acids is 1. The molecular formula is C10H17NO2. The molecule has 0 bridgehead atoms. The molecule has 0 saturated carbocycles. The quantitative estimate of drug-likeness (QED) is 0.458. The van der Waals surface area contributed by atoms with Gasteiger partial charge in [-0.05, 0) is 14.0 Å². The van der Waals surface area contributed by atoms with Crippen LogP contribution in [0.3, 0.4) is 0 Å². The van der Waals surface area contributed by atoms with Gasteiger partial charge in [0.2, 0.25) is 0 Å². The maximum Gasteiger partial charge on any atom is 0.320 e. The number of rotatable bonds is 6. The molecule has 0 rings (SSSR count). The molecule has 0 aromatic rings. The molecule has 0 heterocycles. The second-order valence-electron chi connectivity index (χ2n) is 2.67. The lowest BCUT2D eigenvalue weighted by Gasteiger charge is -2.12. The van der Waals surface area contributed by atoms with Crippen molar-refractivity contribution >= 4 is 5.97 Å². The third-order valence-electron chi connectivity index (χ3n) is 1.39. The first-order valence-electron chi connectivity index (χ1n) is 4.32. The highest BCUT2D eigenvalue weighted by Crippen LogP contribution is 1.87. The fourth-order valence-electron chi connectivity index (χ4n) is 0.829. The van der Waals surface area contributed by atoms with Gasteiger partial charge >= 0.3 is 5.97 Å². The van der Waals surface area contributed by atoms with E-state index in [-0.39, 0.29) is 5.97 Å². The molecule has 13 heavy (non-hydrogen) atoms. The van der Waals surface area contributed by atoms with Crippen molar-refractivity contribution in [2.45, 2.75) is 6.92 Å². The first-order valence-corrected chi connectivity index (χ1v) is 4.32. The number of carbonyl (C=O) groups is 1. The van der Waals surface area contributed by atoms with Crippen LogP contribution in [0.25, 0.3) is 0 Å². The van der Waals surface area contributed by atoms with Gasteiger partial charge in [-0.15, -0.1) is 0 Å². The van der Waals surface area contributed by atoms with Crippen molar-refractivity contribution in [1.29, 1.82) is 0 Å². The predicted molar refractivity (Wildman–Crippen MR) is 53.5 cm³/mol. The average molecular weight is 183 g/mol. The Hall–Kier alpha value is -1.09. The first kappa shape index (κ1) is 11.9. The standard InChI is InChI=1S/C10H17NO2/c1-4-6-7-8-11(3)9-10(12)13-5-2/h4,6-7H,1,5,8-9H2,2-3H3/b7-6-. The third kappa shape index (κ3) is 7.28. The van der Waals surface area contributed by atoms with Crippen LogP contribution < -0.4 is 0 Å². The molecule has 0 atom stereocenters. The zero-order valence-corrected chi connectivity index (χ0v) is 8.32. The van der Waals surface area contributed by atoms with Gasteiger partial charge in [0.1, 0.15) is 0 Å². The topological polar surface area (TPSA) is 29.5 Å². The summed E-state index contributed by atoms with van der Waals surface area (Å²) in [7, 11) is 1.87. The van der Waals surface area contributed by atoms with Crippen molar-refractivity contribution in [3.05, 3.63) is 24.8 Å². The molecule has 0 fully saturated rings. The number of hydrogen-bond donors (Lipinski definition) is 0. The van der Waals surface area contributed by atoms with Gasteiger partial charge in [-0.3, -0.25) is 9.69 Å². The molecule has 0 aromatic heterocycles. The van der Waals surface area contributed by atoms with Crippen LogP contribution in [0.15, 0.2) is 24.8 Å². The summed E-state index contributed by atoms with van der Waals surface area (Å²) in [6, 6.07) is 0. The number of esters is 1. The molecule has 0 aliphatic carbocycles. The summed E-state index contributed by atoms with van der Waals surface area (Å²) in [5.74, 6) is -0.183. The molecular weight excluding hydrogens is 166 g/mol. The molecule has 0 aliphatic rings. The van der Waals surface area contributed by atoms with Crippen molar-refractivity contribution < 1.29 is 9.53 Å². The zero-order chi connectivity index (χ0) is 10.1. The number of hydrogen-bond acceptors (Lipinski definition) is 3. The van der Waals surface area contributed by atoms with Gasteiger partial charge in [0.25, 0.3) is 0 Å². The van der Waals surface area contributed by atoms with Crippen LogP contribution in [0.1, 0.15) is 6.92 Å². The smallest absolute Gasteiger partial charge is 0.320 e. The number of likely N-dealkylation sites (N-methyl/N-ethyl adjacent to an activating group) is 1. The molecule has 74 valence electrons. The van der Waals surface area contributed by atoms with E-state index in [1.807, 2.05) is 24.1 Å². The van der Waals surface area contributed by atoms with Crippen molar-refractivity contribution in [2.75, 3.05) is 26.7 Å². The minimum absolute atomic E-state index is 0.183. The number of allylic oxidation sites excluding steroid dienone is 2. The van der Waals surface area contributed by atoms with E-state index in [1.165, 1.54) is 0 Å². The Balaban J connectivity index is 3.60. The van der Waals surface area contributed by atoms with E-state index in [0.29, 0.717) is 13.2 Å². The lowest BCUT2D eigenvalue weighted by atomic mass is 10.4. The van der Waals surface area contributed by atoms with Gasteiger partial charge in [0, 0.05) is 6.54 Å². The van der Waals surface area contributed by atoms with Crippen LogP contribution in [-0.2, 0) is 9.53 Å². The molecule has 3 heteroatoms. The average Bonchev–Trinajstić information content (AvgIpc) is 2.05. The van der Waals surface area contributed by atoms with E-state index in [9.17, 15) is 4.79 Å². The van der Waals surface area contributed by atoms with Gasteiger partial charge in [-0.2, -0.15) is 0 Å². The van der Waals surface area contributed by atoms with Crippen molar-refractivity contribution in [3.63, 3.8) is 0 Å². The predicted octanol–water partition coefficient (Wildman–Crippen LogP) is 1.22. The minimum Gasteiger partial charge on any atom is -0.465 e. The highest BCUT2D eigenvalue weighted by atomic mass is 16.5. The van der Waals surface area contributed by atoms with E-state index in [2.05, 4.69) is 6.58 Å². The van der Waals surface area contributed by atoms with Crippen molar-refractivity contribution in [2.24, 2.45) is 0 Å². The summed E-state index contributed by atoms with van der Waals surface area (Å²) in [6.45, 7) is 6.85. The molecule has 0 spiro atoms. The highest BCUT2D eigenvalue weighted by molar-refractivity contribution is 5.71. The molecule has 0 radical (unpaired) electrons. The van der Waals surface area contributed by atoms with E-state index in [1.54, 1.807) is 13.0 Å². The van der Waals surface area contributed by atoms with Gasteiger partial charge in [0.15, 0.2) is 0 Å². The maximum atomic E-state index is 11.0. The maximum absolute atomic E-state index is 11.0. The third-order valence-corrected chi connectivity index (χ3v) is 1.39. The van der Waals surface area contributed by atoms with E-state index in [0.717, 1.165) is 6.54 Å². The number of ether oxygens (including phenoxy) is 1. The van der Waals surface area contributed by atoms with E-state index in [4.69, 9.17) is 4.74 Å². The van der Waals surface area contributed by atoms with Crippen LogP contribution in [0.5, 0.6) is 0 Å². The van der Waals surface area contributed by atoms with Crippen LogP contribution in [0.4, 0.5) is 0 Å². The lowest BCUT2D eigenvalue weighted by molar-refractivity contribution is -0.143. The Morgan fingerprint density at radius 1 is 1.62 bits per heavy atom. The molecule has 0 amide bonds. The Kier molecular flexibility index (Phi) is 6.92. The fraction of sp³-hybridized carbons (Fsp3) is 0.500. The van der Waals surface area contributed by atoms with Gasteiger partial charge < -0.3 is 4.74 Å². The lowest BCUT2D eigenvalue weighted by Crippen LogP contribution is -2.27. The molecule has 0 unspecified atom stereocenters. The molecule has 0 N–H and O–H groups in total. The second-order valence-corrected chi connectivity index (χ2v) is 2.67. The Morgan fingerprint density at radius 2 is 2.31 bits per heavy atom. The normalized spacial score (nSPS) is 10.7. The SMILES string of the molecule is C=C/C=C\CN(C)CC(=O)OCC. The van der Waals surface area contributed by atoms with Crippen molar-refractivity contribution in [1.82, 2.24) is 4.90 Å². The largest absolute Gasteiger partial charge is 0.465 e. The molecule has 3 nitrogen and oxygen atoms in total. The summed E-state index contributed by atoms with van der Waals surface area (Å²) >= 11 is 0. The van der Waals surface area contributed by atoms with E-state index >= 15 is 0 Å². The Bertz CT molecular complexity index is 187. The first-order chi connectivity index (χ1) is 6.20. The number of nitrogens with zero attached hydrogens (tertiary/aromatic N) is 1. The monoisotopic (exact) mass is 183 g/mol. The Labute approximate surface area is 79.7 Å². The fourth-order valence-corrected chi connectivity index (χ4v) is 0.829. The Morgan fingerprint density at radius 3 is 2.85 bits per heavy atom. The van der Waals surface area contributed by atoms with Crippen LogP contribution in [0, 0.1) is 0 Å². The van der Waals surface area contributed by atoms with Gasteiger partial charge in [0.05, 0.1) is 13.2 Å². The summed E-state index contributed by atoms with van der Waals surface area (Å²) in [6.07, 6.45) is 5.49. The van der Waals surface area contributed by atoms with E-state index < -0.39 is 0 Å². The molecule has 0 saturated heterocycles. The summed E-state index contributed by atoms with van der Waals surface area (Å²) in [4.78, 5) is 12.9. The van der Waals surface area contributed by atoms with Crippen LogP contribution >= 0.6 is 0 Å². The highest BCUT2D eigenvalue weighted by Gasteiger charge is 2.04. The van der Waals surface area contributed by atoms with Gasteiger partial charge in [-0.25, -0.2) is 0 Å². The molecule has 0 aromatic carbocycles. The second kappa shape index (κ2) is 7.55. The molecule has 0 aliphatic heterocycles. The minimum atomic E-state index is -0.183. The summed E-state index contributed by atoms with van der Waals surface area (Å²) < 4.78 is 4.79. The van der Waals surface area contributed by atoms with Crippen LogP contribution in [0.2, 0.25) is 0 Å². The summed E-state index contributed by atoms with van der Waals surface area (Å²) in [5.41, 5.74) is 0. The van der Waals surface area contributed by atoms with Crippen LogP contribution in [-0.4, -0.2) is 37.6 Å². The summed E-state index contributed by atoms with van der Waals surface area (Å²) in [5, 5.41) is 0. The van der Waals surface area contributed by atoms with Crippen molar-refractivity contribution in [3.8, 4) is 0 Å².